The first kappa shape index (κ1) is 103. The van der Waals surface area contributed by atoms with E-state index in [1.165, 1.54) is 78.0 Å². The van der Waals surface area contributed by atoms with Crippen LogP contribution in [0.3, 0.4) is 0 Å². The Morgan fingerprint density at radius 1 is 0.564 bits per heavy atom. The first-order chi connectivity index (χ1) is 63.3. The molecule has 716 valence electrons. The molecule has 15 atom stereocenters. The van der Waals surface area contributed by atoms with Crippen molar-refractivity contribution in [3.05, 3.63) is 120 Å². The fraction of sp³-hybridized carbons (Fsp3) is 0.500. The number of nitrogens with zero attached hydrogens (tertiary/aromatic N) is 7. The number of hydrogen-bond donors (Lipinski definition) is 19. The smallest absolute Gasteiger partial charge is 0.246 e. The summed E-state index contributed by atoms with van der Waals surface area (Å²) < 4.78 is 0. The summed E-state index contributed by atoms with van der Waals surface area (Å²) in [5.41, 5.74) is 19.5. The fourth-order valence-corrected chi connectivity index (χ4v) is 16.9. The number of benzene rings is 3. The zero-order valence-electron chi connectivity index (χ0n) is 74.8. The molecule has 0 spiro atoms. The number of likely N-dealkylation sites (N-methyl/N-ethyl adjacent to an activating group) is 3. The van der Waals surface area contributed by atoms with Gasteiger partial charge in [0, 0.05) is 125 Å². The van der Waals surface area contributed by atoms with Crippen LogP contribution in [0.5, 0.6) is 5.75 Å². The predicted octanol–water partition coefficient (Wildman–Crippen LogP) is -4.08. The Balaban J connectivity index is 1.09. The van der Waals surface area contributed by atoms with Crippen molar-refractivity contribution < 1.29 is 102 Å². The maximum absolute atomic E-state index is 15.7. The SMILES string of the molecule is CCCC[C@H]1C(=O)N(C)[C@@H](CCCC)C(=O)N[C@@H](C)C(=O)N[C@H](C(=O)NCC(N)=O)CSCC(=O)N[C@@H](Cc2ccc(O)cc2)C(=O)N(C)[C@@H](C)C(=O)N[C@@H](CC(N)=O)C(=O)N2CCCC2C(=O)N[C@@H](Cc2cnc[nH]2)C(=O)N[C@@H](CCC(N)=O)C(=O)N2C[C@H](O)C[C@H]2C(=O)N[C@@H](Cc2c[nH]c3ccccc23)C(=O)N[C@@H](CO)C(=O)N[C@@H](Cc2c[nH]c3ccc(C#N)cc23)C(=O)N1C. The second kappa shape index (κ2) is 48.2. The molecule has 1 unspecified atom stereocenters. The van der Waals surface area contributed by atoms with Crippen LogP contribution in [0, 0.1) is 11.3 Å². The number of imidazole rings is 1. The van der Waals surface area contributed by atoms with Crippen LogP contribution < -0.4 is 70.4 Å². The highest BCUT2D eigenvalue weighted by Gasteiger charge is 2.47. The molecule has 44 nitrogen and oxygen atoms in total. The molecular formula is C88H117N23O21S. The number of phenols is 1. The first-order valence-electron chi connectivity index (χ1n) is 43.8. The Morgan fingerprint density at radius 2 is 1.14 bits per heavy atom. The molecule has 9 rings (SSSR count). The zero-order chi connectivity index (χ0) is 97.2. The van der Waals surface area contributed by atoms with E-state index in [1.54, 1.807) is 48.7 Å². The number of nitrogens with two attached hydrogens (primary N) is 3. The number of H-pyrrole nitrogens is 3. The van der Waals surface area contributed by atoms with Crippen molar-refractivity contribution in [1.29, 1.82) is 5.26 Å². The quantitative estimate of drug-likeness (QED) is 0.0290. The standard InChI is InChI=1S/C88H117N23O21S/c1-8-10-17-67-81(125)98-46(3)75(119)106-66(77(121)96-40-73(92)117)43-133-44-74(118)99-62(30-48-20-23-53(113)24-21-48)84(128)107(5)47(4)76(120)103-64(35-72(91)116)87(131)110-28-14-19-68(110)82(126)102-61(33-52-39-93-45-97-52)79(123)100-59(26-27-71(90)115)86(130)111-41-54(114)34-70(111)83(127)101-60(31-50-37-94-57-16-13-12-15-55(50)57)78(122)105-65(42-112)80(124)104-63(32-51-38-95-58-25-22-49(36-89)29-56(51)58)85(129)109(7)69(18-11-9-2)88(132)108(67)6/h12-13,15-16,20-25,29,37-39,45-47,54,59-70,94-95,112-114H,8-11,14,17-19,26-28,30-35,40-44H2,1-7H3,(H2,90,115)(H2,91,116)(H2,92,117)(H,93,97)(H,96,121)(H,98,125)(H,99,118)(H,100,123)(H,101,127)(H,102,126)(H,103,120)(H,104,124)(H,105,122)(H,106,119)/t46-,47-,54+,59-,60-,61-,62-,63-,64-,65-,66-,67-,68?,69-,70-/m0/s1. The number of thioether (sulfide) groups is 1. The molecule has 3 aromatic carbocycles. The summed E-state index contributed by atoms with van der Waals surface area (Å²) in [6.07, 6.45) is 1.96. The van der Waals surface area contributed by atoms with Crippen LogP contribution in [0.1, 0.15) is 133 Å². The van der Waals surface area contributed by atoms with Crippen LogP contribution in [0.4, 0.5) is 0 Å². The van der Waals surface area contributed by atoms with Gasteiger partial charge in [-0.25, -0.2) is 4.98 Å². The van der Waals surface area contributed by atoms with Crippen LogP contribution in [-0.2, 0) is 112 Å². The Bertz CT molecular complexity index is 5290. The molecule has 3 aromatic heterocycles. The Hall–Kier alpha value is -14.0. The van der Waals surface area contributed by atoms with Crippen molar-refractivity contribution >= 4 is 140 Å². The average molecular weight is 1870 g/mol. The van der Waals surface area contributed by atoms with Gasteiger partial charge in [0.05, 0.1) is 49.4 Å². The van der Waals surface area contributed by atoms with Crippen molar-refractivity contribution in [2.24, 2.45) is 17.2 Å². The van der Waals surface area contributed by atoms with Gasteiger partial charge in [-0.2, -0.15) is 5.26 Å². The maximum atomic E-state index is 15.7. The second-order valence-corrected chi connectivity index (χ2v) is 34.4. The molecule has 3 aliphatic heterocycles. The monoisotopic (exact) mass is 1860 g/mol. The highest BCUT2D eigenvalue weighted by Crippen LogP contribution is 2.28. The van der Waals surface area contributed by atoms with Crippen molar-refractivity contribution in [2.75, 3.05) is 58.9 Å². The number of rotatable bonds is 23. The number of nitriles is 1. The largest absolute Gasteiger partial charge is 0.508 e. The number of aromatic hydroxyl groups is 1. The number of unbranched alkanes of at least 4 members (excludes halogenated alkanes) is 2. The van der Waals surface area contributed by atoms with E-state index in [-0.39, 0.29) is 74.9 Å². The molecule has 0 radical (unpaired) electrons. The summed E-state index contributed by atoms with van der Waals surface area (Å²) in [5.74, 6) is -19.0. The topological polar surface area (TPSA) is 667 Å². The third-order valence-electron chi connectivity index (χ3n) is 23.6. The molecule has 0 bridgehead atoms. The lowest BCUT2D eigenvalue weighted by atomic mass is 9.99. The first-order valence-corrected chi connectivity index (χ1v) is 44.9. The molecule has 133 heavy (non-hydrogen) atoms. The molecular weight excluding hydrogens is 1750 g/mol. The van der Waals surface area contributed by atoms with Gasteiger partial charge in [0.2, 0.25) is 106 Å². The average Bonchev–Trinajstić information content (AvgIpc) is 1.72. The van der Waals surface area contributed by atoms with Gasteiger partial charge in [-0.3, -0.25) is 86.3 Å². The zero-order valence-corrected chi connectivity index (χ0v) is 75.7. The minimum Gasteiger partial charge on any atom is -0.508 e. The molecule has 0 saturated carbocycles. The van der Waals surface area contributed by atoms with E-state index in [0.717, 1.165) is 36.3 Å². The van der Waals surface area contributed by atoms with Crippen molar-refractivity contribution in [3.63, 3.8) is 0 Å². The summed E-state index contributed by atoms with van der Waals surface area (Å²) in [5, 5.41) is 69.5. The molecule has 3 fully saturated rings. The van der Waals surface area contributed by atoms with Gasteiger partial charge in [-0.15, -0.1) is 11.8 Å². The molecule has 45 heteroatoms. The normalized spacial score (nSPS) is 24.9. The van der Waals surface area contributed by atoms with Crippen LogP contribution in [0.15, 0.2) is 91.6 Å². The number of amides is 18. The molecule has 18 amide bonds. The fourth-order valence-electron chi connectivity index (χ4n) is 16.1. The summed E-state index contributed by atoms with van der Waals surface area (Å²) in [6, 6.07) is -3.48. The Kier molecular flexibility index (Phi) is 37.2. The third-order valence-corrected chi connectivity index (χ3v) is 24.7. The van der Waals surface area contributed by atoms with Crippen LogP contribution in [0.25, 0.3) is 21.8 Å². The van der Waals surface area contributed by atoms with Crippen molar-refractivity contribution in [1.82, 2.24) is 97.6 Å². The Morgan fingerprint density at radius 3 is 1.78 bits per heavy atom. The number of aliphatic hydroxyl groups excluding tert-OH is 2. The lowest BCUT2D eigenvalue weighted by Crippen LogP contribution is -2.61. The van der Waals surface area contributed by atoms with Crippen LogP contribution in [-0.4, -0.2) is 316 Å². The van der Waals surface area contributed by atoms with E-state index >= 15 is 33.6 Å². The van der Waals surface area contributed by atoms with E-state index in [1.807, 2.05) is 13.8 Å². The van der Waals surface area contributed by atoms with Gasteiger partial charge in [-0.05, 0) is 99.0 Å². The number of phenolic OH excluding ortho intramolecular Hbond substituents is 1. The molecule has 22 N–H and O–H groups in total. The van der Waals surface area contributed by atoms with E-state index in [9.17, 15) is 73.3 Å². The molecule has 6 heterocycles. The van der Waals surface area contributed by atoms with E-state index in [2.05, 4.69) is 79.2 Å². The number of primary amides is 3. The number of carbonyl (C=O) groups is 18. The minimum absolute atomic E-state index is 0.00823. The molecule has 0 aliphatic carbocycles. The van der Waals surface area contributed by atoms with Gasteiger partial charge >= 0.3 is 0 Å². The van der Waals surface area contributed by atoms with Crippen molar-refractivity contribution in [2.45, 2.75) is 221 Å². The van der Waals surface area contributed by atoms with E-state index < -0.39 is 254 Å². The van der Waals surface area contributed by atoms with E-state index in [0.29, 0.717) is 64.2 Å². The Labute approximate surface area is 769 Å². The van der Waals surface area contributed by atoms with Gasteiger partial charge in [0.15, 0.2) is 0 Å². The lowest BCUT2D eigenvalue weighted by Gasteiger charge is -2.36. The van der Waals surface area contributed by atoms with Gasteiger partial charge < -0.3 is 125 Å². The lowest BCUT2D eigenvalue weighted by molar-refractivity contribution is -0.149. The highest BCUT2D eigenvalue weighted by atomic mass is 32.2. The third kappa shape index (κ3) is 27.8. The second-order valence-electron chi connectivity index (χ2n) is 33.4. The van der Waals surface area contributed by atoms with Crippen molar-refractivity contribution in [3.8, 4) is 11.8 Å². The summed E-state index contributed by atoms with van der Waals surface area (Å²) >= 11 is 0.761. The number of fused-ring (bicyclic) bond motifs is 4. The number of aliphatic hydroxyl groups is 2. The molecule has 3 aliphatic rings. The number of aromatic nitrogens is 4. The minimum atomic E-state index is -1.96. The van der Waals surface area contributed by atoms with Gasteiger partial charge in [-0.1, -0.05) is 69.9 Å². The molecule has 6 aromatic rings. The summed E-state index contributed by atoms with van der Waals surface area (Å²) in [4.78, 5) is 279. The van der Waals surface area contributed by atoms with Gasteiger partial charge in [0.25, 0.3) is 0 Å². The number of carbonyl (C=O) groups excluding carboxylic acids is 18. The molecule has 3 saturated heterocycles. The maximum Gasteiger partial charge on any atom is 0.246 e. The van der Waals surface area contributed by atoms with Gasteiger partial charge in [0.1, 0.15) is 90.3 Å². The highest BCUT2D eigenvalue weighted by molar-refractivity contribution is 8.00. The number of aromatic amines is 3. The number of hydrogen-bond acceptors (Lipinski definition) is 24. The van der Waals surface area contributed by atoms with Crippen LogP contribution >= 0.6 is 11.8 Å². The number of para-hydroxylation sites is 1. The summed E-state index contributed by atoms with van der Waals surface area (Å²) in [7, 11) is 3.82. The van der Waals surface area contributed by atoms with E-state index in [4.69, 9.17) is 17.2 Å². The summed E-state index contributed by atoms with van der Waals surface area (Å²) in [6.45, 7) is 3.55. The van der Waals surface area contributed by atoms with Crippen LogP contribution in [0.2, 0.25) is 0 Å². The predicted molar refractivity (Wildman–Crippen MR) is 480 cm³/mol. The number of nitrogens with one attached hydrogen (secondary N) is 13.